The predicted molar refractivity (Wildman–Crippen MR) is 210 cm³/mol. The third-order valence-corrected chi connectivity index (χ3v) is 11.5. The molecule has 1 aromatic heterocycles. The molecule has 0 atom stereocenters. The van der Waals surface area contributed by atoms with Gasteiger partial charge in [-0.05, 0) is 121 Å². The second-order valence-electron chi connectivity index (χ2n) is 13.7. The summed E-state index contributed by atoms with van der Waals surface area (Å²) in [4.78, 5) is 7.50. The highest BCUT2D eigenvalue weighted by Crippen LogP contribution is 2.52. The van der Waals surface area contributed by atoms with E-state index < -0.39 is 0 Å². The lowest BCUT2D eigenvalue weighted by molar-refractivity contribution is 0.662. The van der Waals surface area contributed by atoms with Gasteiger partial charge >= 0.3 is 0 Å². The predicted octanol–water partition coefficient (Wildman–Crippen LogP) is 13.2. The number of hydrogen-bond donors (Lipinski definition) is 0. The molecule has 0 fully saturated rings. The lowest BCUT2D eigenvalue weighted by atomic mass is 9.81. The Morgan fingerprint density at radius 3 is 1.88 bits per heavy atom. The van der Waals surface area contributed by atoms with E-state index in [1.807, 2.05) is 0 Å². The van der Waals surface area contributed by atoms with Gasteiger partial charge in [-0.2, -0.15) is 0 Å². The molecule has 49 heavy (non-hydrogen) atoms. The number of para-hydroxylation sites is 2. The fraction of sp³-hybridized carbons (Fsp3) is 0.0652. The Morgan fingerprint density at radius 1 is 0.490 bits per heavy atom. The monoisotopic (exact) mass is 644 g/mol. The van der Waals surface area contributed by atoms with Gasteiger partial charge in [-0.25, -0.2) is 4.98 Å². The Morgan fingerprint density at radius 2 is 1.12 bits per heavy atom. The quantitative estimate of drug-likeness (QED) is 0.177. The number of aromatic nitrogens is 1. The van der Waals surface area contributed by atoms with Gasteiger partial charge in [0.05, 0.1) is 10.2 Å². The number of hydrogen-bond acceptors (Lipinski definition) is 3. The van der Waals surface area contributed by atoms with Gasteiger partial charge in [0.1, 0.15) is 5.01 Å². The standard InChI is InChI=1S/C46H32N2S/c1-46(2)41-25-32-19-18-31-24-36(48(34-13-5-3-6-14-34)35-15-7-4-8-16-35)21-22-37(31)38(32)26-39(41)40-27-44-43(28-42(40)46)47-45(49-44)33-20-17-29-11-9-10-12-30(29)23-33/h3-28H,1-2H3. The number of fused-ring (bicyclic) bond motifs is 8. The first kappa shape index (κ1) is 28.3. The molecule has 232 valence electrons. The number of anilines is 3. The zero-order chi connectivity index (χ0) is 32.7. The van der Waals surface area contributed by atoms with Crippen molar-refractivity contribution in [2.75, 3.05) is 4.90 Å². The zero-order valence-corrected chi connectivity index (χ0v) is 28.1. The summed E-state index contributed by atoms with van der Waals surface area (Å²) in [6.45, 7) is 4.72. The SMILES string of the molecule is CC1(C)c2cc3ccc4cc(N(c5ccccc5)c5ccccc5)ccc4c3cc2-c2cc3sc(-c4ccc5ccccc5c4)nc3cc21. The molecule has 2 nitrogen and oxygen atoms in total. The van der Waals surface area contributed by atoms with Gasteiger partial charge in [0.15, 0.2) is 0 Å². The average Bonchev–Trinajstić information content (AvgIpc) is 3.66. The fourth-order valence-corrected chi connectivity index (χ4v) is 8.87. The van der Waals surface area contributed by atoms with Gasteiger partial charge < -0.3 is 4.90 Å². The molecule has 3 heteroatoms. The molecule has 0 unspecified atom stereocenters. The lowest BCUT2D eigenvalue weighted by Gasteiger charge is -2.26. The van der Waals surface area contributed by atoms with Crippen LogP contribution in [0.4, 0.5) is 17.1 Å². The summed E-state index contributed by atoms with van der Waals surface area (Å²) in [5.74, 6) is 0. The first-order chi connectivity index (χ1) is 24.0. The Hall–Kier alpha value is -5.77. The van der Waals surface area contributed by atoms with E-state index in [9.17, 15) is 0 Å². The summed E-state index contributed by atoms with van der Waals surface area (Å²) >= 11 is 1.79. The van der Waals surface area contributed by atoms with Crippen LogP contribution in [-0.2, 0) is 5.41 Å². The van der Waals surface area contributed by atoms with Crippen LogP contribution in [0, 0.1) is 0 Å². The molecule has 10 rings (SSSR count). The maximum Gasteiger partial charge on any atom is 0.124 e. The maximum atomic E-state index is 5.17. The molecule has 8 aromatic carbocycles. The van der Waals surface area contributed by atoms with Crippen LogP contribution in [0.15, 0.2) is 158 Å². The molecular formula is C46H32N2S. The summed E-state index contributed by atoms with van der Waals surface area (Å²) in [6, 6.07) is 57.5. The molecule has 0 N–H and O–H groups in total. The molecule has 9 aromatic rings. The van der Waals surface area contributed by atoms with Crippen molar-refractivity contribution in [2.45, 2.75) is 19.3 Å². The van der Waals surface area contributed by atoms with E-state index in [1.54, 1.807) is 11.3 Å². The number of nitrogens with zero attached hydrogens (tertiary/aromatic N) is 2. The largest absolute Gasteiger partial charge is 0.310 e. The van der Waals surface area contributed by atoms with Crippen LogP contribution in [0.5, 0.6) is 0 Å². The van der Waals surface area contributed by atoms with E-state index in [-0.39, 0.29) is 5.41 Å². The molecule has 0 saturated heterocycles. The van der Waals surface area contributed by atoms with E-state index in [2.05, 4.69) is 176 Å². The van der Waals surface area contributed by atoms with Crippen LogP contribution in [0.2, 0.25) is 0 Å². The Labute approximate surface area is 289 Å². The molecule has 1 aliphatic rings. The van der Waals surface area contributed by atoms with Gasteiger partial charge in [-0.15, -0.1) is 11.3 Å². The van der Waals surface area contributed by atoms with Crippen molar-refractivity contribution in [2.24, 2.45) is 0 Å². The van der Waals surface area contributed by atoms with E-state index in [4.69, 9.17) is 4.98 Å². The molecular weight excluding hydrogens is 613 g/mol. The molecule has 0 radical (unpaired) electrons. The van der Waals surface area contributed by atoms with Crippen molar-refractivity contribution in [1.82, 2.24) is 4.98 Å². The van der Waals surface area contributed by atoms with E-state index >= 15 is 0 Å². The van der Waals surface area contributed by atoms with Gasteiger partial charge in [-0.3, -0.25) is 0 Å². The van der Waals surface area contributed by atoms with Gasteiger partial charge in [0.2, 0.25) is 0 Å². The van der Waals surface area contributed by atoms with Crippen LogP contribution in [0.3, 0.4) is 0 Å². The molecule has 0 aliphatic heterocycles. The van der Waals surface area contributed by atoms with Crippen molar-refractivity contribution in [1.29, 1.82) is 0 Å². The minimum absolute atomic E-state index is 0.121. The summed E-state index contributed by atoms with van der Waals surface area (Å²) < 4.78 is 1.23. The average molecular weight is 645 g/mol. The Balaban J connectivity index is 1.11. The topological polar surface area (TPSA) is 16.1 Å². The van der Waals surface area contributed by atoms with Crippen LogP contribution in [0.1, 0.15) is 25.0 Å². The van der Waals surface area contributed by atoms with Gasteiger partial charge in [0.25, 0.3) is 0 Å². The summed E-state index contributed by atoms with van der Waals surface area (Å²) in [5, 5.41) is 8.65. The number of thiazole rings is 1. The number of rotatable bonds is 4. The van der Waals surface area contributed by atoms with Crippen molar-refractivity contribution in [3.63, 3.8) is 0 Å². The Bertz CT molecular complexity index is 2700. The van der Waals surface area contributed by atoms with Crippen molar-refractivity contribution in [3.05, 3.63) is 169 Å². The summed E-state index contributed by atoms with van der Waals surface area (Å²) in [6.07, 6.45) is 0. The maximum absolute atomic E-state index is 5.17. The zero-order valence-electron chi connectivity index (χ0n) is 27.3. The lowest BCUT2D eigenvalue weighted by Crippen LogP contribution is -2.14. The molecule has 0 amide bonds. The highest BCUT2D eigenvalue weighted by molar-refractivity contribution is 7.21. The summed E-state index contributed by atoms with van der Waals surface area (Å²) in [7, 11) is 0. The van der Waals surface area contributed by atoms with E-state index in [0.717, 1.165) is 27.6 Å². The third-order valence-electron chi connectivity index (χ3n) is 10.4. The molecule has 0 saturated carbocycles. The van der Waals surface area contributed by atoms with Crippen LogP contribution >= 0.6 is 11.3 Å². The van der Waals surface area contributed by atoms with Crippen molar-refractivity contribution in [3.8, 4) is 21.7 Å². The minimum Gasteiger partial charge on any atom is -0.310 e. The van der Waals surface area contributed by atoms with Crippen molar-refractivity contribution < 1.29 is 0 Å². The first-order valence-corrected chi connectivity index (χ1v) is 17.7. The summed E-state index contributed by atoms with van der Waals surface area (Å²) in [5.41, 5.74) is 11.0. The highest BCUT2D eigenvalue weighted by Gasteiger charge is 2.36. The minimum atomic E-state index is -0.121. The smallest absolute Gasteiger partial charge is 0.124 e. The highest BCUT2D eigenvalue weighted by atomic mass is 32.1. The van der Waals surface area contributed by atoms with Crippen LogP contribution in [0.25, 0.3) is 64.2 Å². The fourth-order valence-electron chi connectivity index (χ4n) is 7.89. The van der Waals surface area contributed by atoms with Crippen molar-refractivity contribution >= 4 is 70.9 Å². The van der Waals surface area contributed by atoms with Crippen LogP contribution in [-0.4, -0.2) is 4.98 Å². The Kier molecular flexibility index (Phi) is 6.12. The molecule has 1 heterocycles. The second kappa shape index (κ2) is 10.6. The van der Waals surface area contributed by atoms with Gasteiger partial charge in [0, 0.05) is 28.0 Å². The molecule has 1 aliphatic carbocycles. The normalized spacial score (nSPS) is 13.3. The first-order valence-electron chi connectivity index (χ1n) is 16.9. The number of benzene rings is 8. The van der Waals surface area contributed by atoms with E-state index in [1.165, 1.54) is 64.8 Å². The molecule has 0 bridgehead atoms. The second-order valence-corrected chi connectivity index (χ2v) is 14.7. The van der Waals surface area contributed by atoms with E-state index in [0.29, 0.717) is 0 Å². The third kappa shape index (κ3) is 4.43. The van der Waals surface area contributed by atoms with Crippen LogP contribution < -0.4 is 4.90 Å². The molecule has 0 spiro atoms. The van der Waals surface area contributed by atoms with Gasteiger partial charge in [-0.1, -0.05) is 105 Å².